The topological polar surface area (TPSA) is 50.9 Å². The molecule has 1 heterocycles. The molecular weight excluding hydrogens is 190 g/mol. The smallest absolute Gasteiger partial charge is 0.111 e. The summed E-state index contributed by atoms with van der Waals surface area (Å²) in [6, 6.07) is 7.91. The number of aromatic nitrogens is 3. The van der Waals surface area contributed by atoms with Crippen LogP contribution in [0, 0.1) is 6.92 Å². The van der Waals surface area contributed by atoms with Crippen LogP contribution in [0.4, 0.5) is 0 Å². The standard InChI is InChI=1S/C11H13N3O/c1-8-5-3-4-6-11(8)14-7-10(9(2)15)12-13-14/h3-7,9,15H,1-2H3. The van der Waals surface area contributed by atoms with Crippen LogP contribution in [-0.2, 0) is 0 Å². The van der Waals surface area contributed by atoms with Crippen LogP contribution in [0.25, 0.3) is 5.69 Å². The van der Waals surface area contributed by atoms with E-state index in [1.54, 1.807) is 17.8 Å². The summed E-state index contributed by atoms with van der Waals surface area (Å²) in [5.74, 6) is 0. The second kappa shape index (κ2) is 3.82. The molecule has 4 heteroatoms. The van der Waals surface area contributed by atoms with Crippen molar-refractivity contribution in [2.24, 2.45) is 0 Å². The van der Waals surface area contributed by atoms with Gasteiger partial charge in [-0.15, -0.1) is 5.10 Å². The zero-order valence-electron chi connectivity index (χ0n) is 8.75. The van der Waals surface area contributed by atoms with E-state index in [0.29, 0.717) is 5.69 Å². The molecule has 15 heavy (non-hydrogen) atoms. The van der Waals surface area contributed by atoms with Crippen LogP contribution in [0.3, 0.4) is 0 Å². The highest BCUT2D eigenvalue weighted by Crippen LogP contribution is 2.14. The van der Waals surface area contributed by atoms with Crippen molar-refractivity contribution in [2.75, 3.05) is 0 Å². The Hall–Kier alpha value is -1.68. The summed E-state index contributed by atoms with van der Waals surface area (Å²) in [6.45, 7) is 3.69. The van der Waals surface area contributed by atoms with Crippen LogP contribution in [-0.4, -0.2) is 20.1 Å². The molecule has 0 aliphatic heterocycles. The lowest BCUT2D eigenvalue weighted by molar-refractivity contribution is 0.194. The molecule has 78 valence electrons. The lowest BCUT2D eigenvalue weighted by Gasteiger charge is -2.03. The number of rotatable bonds is 2. The van der Waals surface area contributed by atoms with Crippen LogP contribution < -0.4 is 0 Å². The Morgan fingerprint density at radius 2 is 2.07 bits per heavy atom. The van der Waals surface area contributed by atoms with E-state index in [9.17, 15) is 5.11 Å². The van der Waals surface area contributed by atoms with Gasteiger partial charge in [-0.2, -0.15) is 0 Å². The molecule has 2 rings (SSSR count). The Balaban J connectivity index is 2.42. The predicted molar refractivity (Wildman–Crippen MR) is 56.7 cm³/mol. The van der Waals surface area contributed by atoms with E-state index in [1.165, 1.54) is 0 Å². The second-order valence-corrected chi connectivity index (χ2v) is 3.55. The number of aryl methyl sites for hydroxylation is 1. The Bertz CT molecular complexity index is 462. The number of aliphatic hydroxyl groups excluding tert-OH is 1. The number of para-hydroxylation sites is 1. The maximum Gasteiger partial charge on any atom is 0.111 e. The fourth-order valence-electron chi connectivity index (χ4n) is 1.41. The van der Waals surface area contributed by atoms with Gasteiger partial charge in [-0.1, -0.05) is 23.4 Å². The molecule has 0 radical (unpaired) electrons. The molecule has 0 aliphatic carbocycles. The molecule has 1 unspecified atom stereocenters. The summed E-state index contributed by atoms with van der Waals surface area (Å²) in [5.41, 5.74) is 2.69. The third-order valence-electron chi connectivity index (χ3n) is 2.30. The normalized spacial score (nSPS) is 12.7. The Morgan fingerprint density at radius 1 is 1.33 bits per heavy atom. The minimum Gasteiger partial charge on any atom is -0.387 e. The first-order valence-electron chi connectivity index (χ1n) is 4.85. The highest BCUT2D eigenvalue weighted by molar-refractivity contribution is 5.38. The summed E-state index contributed by atoms with van der Waals surface area (Å²) < 4.78 is 1.68. The molecule has 4 nitrogen and oxygen atoms in total. The number of nitrogens with zero attached hydrogens (tertiary/aromatic N) is 3. The fraction of sp³-hybridized carbons (Fsp3) is 0.273. The van der Waals surface area contributed by atoms with E-state index >= 15 is 0 Å². The number of hydrogen-bond acceptors (Lipinski definition) is 3. The van der Waals surface area contributed by atoms with Crippen molar-refractivity contribution in [3.8, 4) is 5.69 Å². The Morgan fingerprint density at radius 3 is 2.67 bits per heavy atom. The van der Waals surface area contributed by atoms with Crippen molar-refractivity contribution in [1.82, 2.24) is 15.0 Å². The maximum atomic E-state index is 9.34. The quantitative estimate of drug-likeness (QED) is 0.807. The molecule has 0 amide bonds. The first kappa shape index (κ1) is 9.86. The molecule has 0 fully saturated rings. The molecule has 2 aromatic rings. The molecule has 0 bridgehead atoms. The van der Waals surface area contributed by atoms with Gasteiger partial charge in [-0.05, 0) is 25.5 Å². The van der Waals surface area contributed by atoms with Crippen molar-refractivity contribution < 1.29 is 5.11 Å². The van der Waals surface area contributed by atoms with Crippen LogP contribution in [0.5, 0.6) is 0 Å². The average molecular weight is 203 g/mol. The third-order valence-corrected chi connectivity index (χ3v) is 2.30. The zero-order valence-corrected chi connectivity index (χ0v) is 8.75. The number of benzene rings is 1. The van der Waals surface area contributed by atoms with Crippen LogP contribution in [0.15, 0.2) is 30.5 Å². The van der Waals surface area contributed by atoms with Gasteiger partial charge in [-0.25, -0.2) is 4.68 Å². The second-order valence-electron chi connectivity index (χ2n) is 3.55. The van der Waals surface area contributed by atoms with Gasteiger partial charge in [0, 0.05) is 0 Å². The first-order valence-corrected chi connectivity index (χ1v) is 4.85. The molecule has 0 saturated carbocycles. The number of hydrogen-bond donors (Lipinski definition) is 1. The lowest BCUT2D eigenvalue weighted by Crippen LogP contribution is -1.97. The summed E-state index contributed by atoms with van der Waals surface area (Å²) in [6.07, 6.45) is 1.16. The summed E-state index contributed by atoms with van der Waals surface area (Å²) >= 11 is 0. The summed E-state index contributed by atoms with van der Waals surface area (Å²) in [5, 5.41) is 17.2. The fourth-order valence-corrected chi connectivity index (χ4v) is 1.41. The zero-order chi connectivity index (χ0) is 10.8. The average Bonchev–Trinajstić information content (AvgIpc) is 2.67. The van der Waals surface area contributed by atoms with Gasteiger partial charge in [0.1, 0.15) is 5.69 Å². The SMILES string of the molecule is Cc1ccccc1-n1cc(C(C)O)nn1. The van der Waals surface area contributed by atoms with Gasteiger partial charge in [0.2, 0.25) is 0 Å². The van der Waals surface area contributed by atoms with Crippen molar-refractivity contribution >= 4 is 0 Å². The van der Waals surface area contributed by atoms with Crippen molar-refractivity contribution in [1.29, 1.82) is 0 Å². The van der Waals surface area contributed by atoms with E-state index < -0.39 is 6.10 Å². The largest absolute Gasteiger partial charge is 0.387 e. The molecule has 1 atom stereocenters. The summed E-state index contributed by atoms with van der Waals surface area (Å²) in [7, 11) is 0. The highest BCUT2D eigenvalue weighted by Gasteiger charge is 2.08. The minimum absolute atomic E-state index is 0.581. The molecular formula is C11H13N3O. The summed E-state index contributed by atoms with van der Waals surface area (Å²) in [4.78, 5) is 0. The van der Waals surface area contributed by atoms with E-state index in [2.05, 4.69) is 10.3 Å². The minimum atomic E-state index is -0.581. The van der Waals surface area contributed by atoms with Gasteiger partial charge in [0.25, 0.3) is 0 Å². The molecule has 0 saturated heterocycles. The Kier molecular flexibility index (Phi) is 2.51. The van der Waals surface area contributed by atoms with E-state index in [-0.39, 0.29) is 0 Å². The van der Waals surface area contributed by atoms with Gasteiger partial charge < -0.3 is 5.11 Å². The van der Waals surface area contributed by atoms with Crippen molar-refractivity contribution in [3.63, 3.8) is 0 Å². The van der Waals surface area contributed by atoms with Gasteiger partial charge in [0.15, 0.2) is 0 Å². The van der Waals surface area contributed by atoms with Crippen molar-refractivity contribution in [3.05, 3.63) is 41.7 Å². The molecule has 1 N–H and O–H groups in total. The van der Waals surface area contributed by atoms with Crippen LogP contribution in [0.1, 0.15) is 24.3 Å². The Labute approximate surface area is 88.2 Å². The maximum absolute atomic E-state index is 9.34. The van der Waals surface area contributed by atoms with Gasteiger partial charge in [-0.3, -0.25) is 0 Å². The molecule has 1 aromatic heterocycles. The van der Waals surface area contributed by atoms with Crippen LogP contribution in [0.2, 0.25) is 0 Å². The highest BCUT2D eigenvalue weighted by atomic mass is 16.3. The molecule has 0 spiro atoms. The first-order chi connectivity index (χ1) is 7.18. The van der Waals surface area contributed by atoms with E-state index in [1.807, 2.05) is 31.2 Å². The lowest BCUT2D eigenvalue weighted by atomic mass is 10.2. The van der Waals surface area contributed by atoms with Gasteiger partial charge >= 0.3 is 0 Å². The monoisotopic (exact) mass is 203 g/mol. The van der Waals surface area contributed by atoms with E-state index in [4.69, 9.17) is 0 Å². The number of aliphatic hydroxyl groups is 1. The van der Waals surface area contributed by atoms with Gasteiger partial charge in [0.05, 0.1) is 18.0 Å². The van der Waals surface area contributed by atoms with E-state index in [0.717, 1.165) is 11.3 Å². The molecule has 1 aromatic carbocycles. The molecule has 0 aliphatic rings. The third kappa shape index (κ3) is 1.89. The predicted octanol–water partition coefficient (Wildman–Crippen LogP) is 1.63. The van der Waals surface area contributed by atoms with Crippen LogP contribution >= 0.6 is 0 Å². The van der Waals surface area contributed by atoms with Crippen molar-refractivity contribution in [2.45, 2.75) is 20.0 Å².